The van der Waals surface area contributed by atoms with Gasteiger partial charge in [0.2, 0.25) is 47.3 Å². The van der Waals surface area contributed by atoms with E-state index in [1.54, 1.807) is 0 Å². The molecule has 0 unspecified atom stereocenters. The number of carbonyl (C=O) groups is 9. The van der Waals surface area contributed by atoms with Crippen LogP contribution in [0.15, 0.2) is 29.3 Å². The van der Waals surface area contributed by atoms with Gasteiger partial charge in [0.15, 0.2) is 5.96 Å². The maximum Gasteiger partial charge on any atom is 0.326 e. The molecule has 1 aromatic rings. The number of aliphatic carboxylic acids is 1. The van der Waals surface area contributed by atoms with Crippen molar-refractivity contribution in [2.45, 2.75) is 134 Å². The van der Waals surface area contributed by atoms with E-state index in [-0.39, 0.29) is 69.2 Å². The minimum Gasteiger partial charge on any atom is -0.508 e. The van der Waals surface area contributed by atoms with E-state index in [9.17, 15) is 58.5 Å². The van der Waals surface area contributed by atoms with Crippen molar-refractivity contribution < 1.29 is 58.5 Å². The standard InChI is InChI=1S/C41H69N13O12/c1-21(2)18-29(52-34(59)22(3)43)38(63)51-26(8-5-6-16-42)35(60)50-27(9-7-17-47-41(45)46)37(62)54-33(23(4)55)39(64)48-20-32(58)49-28(14-15-31(44)57)36(61)53-30(40(65)66)19-24-10-12-25(56)13-11-24/h10-13,21-23,26-30,33,55-56H,5-9,14-20,42-43H2,1-4H3,(H2,44,57)(H,48,64)(H,49,58)(H,50,60)(H,51,63)(H,52,59)(H,53,61)(H,54,62)(H,65,66)(H4,45,46,47)/t22-,23+,26-,27-,28-,29-,30-,33-/m0/s1. The number of aromatic hydroxyl groups is 1. The first-order valence-corrected chi connectivity index (χ1v) is 21.5. The third-order valence-corrected chi connectivity index (χ3v) is 9.72. The van der Waals surface area contributed by atoms with Crippen molar-refractivity contribution >= 4 is 59.2 Å². The number of hydrogen-bond donors (Lipinski definition) is 15. The van der Waals surface area contributed by atoms with Crippen LogP contribution >= 0.6 is 0 Å². The van der Waals surface area contributed by atoms with Gasteiger partial charge in [0.25, 0.3) is 0 Å². The second-order valence-electron chi connectivity index (χ2n) is 16.2. The van der Waals surface area contributed by atoms with Gasteiger partial charge in [-0.15, -0.1) is 0 Å². The van der Waals surface area contributed by atoms with Crippen LogP contribution in [0.5, 0.6) is 5.75 Å². The highest BCUT2D eigenvalue weighted by Crippen LogP contribution is 2.13. The molecule has 25 heteroatoms. The number of nitrogens with two attached hydrogens (primary N) is 5. The molecule has 0 saturated carbocycles. The van der Waals surface area contributed by atoms with Crippen molar-refractivity contribution in [3.05, 3.63) is 29.8 Å². The van der Waals surface area contributed by atoms with Crippen LogP contribution in [0.3, 0.4) is 0 Å². The Balaban J connectivity index is 3.25. The molecule has 0 heterocycles. The van der Waals surface area contributed by atoms with Crippen molar-refractivity contribution in [2.75, 3.05) is 19.6 Å². The SMILES string of the molecule is CC(C)C[C@H](NC(=O)[C@H](C)N)C(=O)N[C@@H](CCCCN)C(=O)N[C@@H](CCCN=C(N)N)C(=O)N[C@H](C(=O)NCC(=O)N[C@@H](CCC(N)=O)C(=O)N[C@@H](Cc1ccc(O)cc1)C(=O)O)[C@@H](C)O. The first kappa shape index (κ1) is 57.4. The van der Waals surface area contributed by atoms with Gasteiger partial charge < -0.3 is 81.2 Å². The summed E-state index contributed by atoms with van der Waals surface area (Å²) in [6, 6.07) is -3.78. The van der Waals surface area contributed by atoms with E-state index in [1.165, 1.54) is 38.1 Å². The van der Waals surface area contributed by atoms with Gasteiger partial charge in [-0.25, -0.2) is 4.79 Å². The summed E-state index contributed by atoms with van der Waals surface area (Å²) in [5.74, 6) is -8.69. The molecule has 0 bridgehead atoms. The number of phenols is 1. The first-order chi connectivity index (χ1) is 30.9. The zero-order valence-corrected chi connectivity index (χ0v) is 37.8. The largest absolute Gasteiger partial charge is 0.508 e. The molecule has 0 radical (unpaired) electrons. The minimum atomic E-state index is -1.72. The fraction of sp³-hybridized carbons (Fsp3) is 0.610. The number of primary amides is 1. The van der Waals surface area contributed by atoms with E-state index >= 15 is 0 Å². The molecule has 370 valence electrons. The molecule has 0 aliphatic rings. The topological polar surface area (TPSA) is 441 Å². The Hall–Kier alpha value is -6.60. The highest BCUT2D eigenvalue weighted by Gasteiger charge is 2.34. The van der Waals surface area contributed by atoms with Crippen LogP contribution in [0.4, 0.5) is 0 Å². The molecule has 0 saturated heterocycles. The van der Waals surface area contributed by atoms with Crippen LogP contribution in [-0.4, -0.2) is 143 Å². The summed E-state index contributed by atoms with van der Waals surface area (Å²) in [5.41, 5.74) is 27.9. The quantitative estimate of drug-likeness (QED) is 0.0189. The van der Waals surface area contributed by atoms with Crippen LogP contribution < -0.4 is 65.9 Å². The Morgan fingerprint density at radius 2 is 1.17 bits per heavy atom. The first-order valence-electron chi connectivity index (χ1n) is 21.5. The lowest BCUT2D eigenvalue weighted by molar-refractivity contribution is -0.142. The van der Waals surface area contributed by atoms with Crippen LogP contribution in [0.2, 0.25) is 0 Å². The number of aliphatic hydroxyl groups excluding tert-OH is 1. The van der Waals surface area contributed by atoms with Crippen molar-refractivity contribution in [2.24, 2.45) is 39.6 Å². The van der Waals surface area contributed by atoms with Crippen molar-refractivity contribution in [1.82, 2.24) is 37.2 Å². The lowest BCUT2D eigenvalue weighted by atomic mass is 10.0. The monoisotopic (exact) mass is 936 g/mol. The summed E-state index contributed by atoms with van der Waals surface area (Å²) >= 11 is 0. The Labute approximate surface area is 382 Å². The second kappa shape index (κ2) is 29.8. The number of carboxylic acid groups (broad SMARTS) is 1. The zero-order chi connectivity index (χ0) is 50.1. The summed E-state index contributed by atoms with van der Waals surface area (Å²) < 4.78 is 0. The smallest absolute Gasteiger partial charge is 0.326 e. The minimum absolute atomic E-state index is 0.0259. The lowest BCUT2D eigenvalue weighted by Crippen LogP contribution is -2.60. The number of guanidine groups is 1. The number of aliphatic hydroxyl groups is 1. The number of rotatable bonds is 31. The van der Waals surface area contributed by atoms with Gasteiger partial charge in [-0.3, -0.25) is 43.3 Å². The predicted molar refractivity (Wildman–Crippen MR) is 240 cm³/mol. The molecule has 20 N–H and O–H groups in total. The number of phenolic OH excluding ortho intramolecular Hbond substituents is 1. The van der Waals surface area contributed by atoms with E-state index < -0.39 is 115 Å². The van der Waals surface area contributed by atoms with Crippen LogP contribution in [0.25, 0.3) is 0 Å². The Morgan fingerprint density at radius 1 is 0.652 bits per heavy atom. The third kappa shape index (κ3) is 22.8. The second-order valence-corrected chi connectivity index (χ2v) is 16.2. The number of benzene rings is 1. The zero-order valence-electron chi connectivity index (χ0n) is 37.8. The van der Waals surface area contributed by atoms with Crippen LogP contribution in [0.1, 0.15) is 84.6 Å². The molecular formula is C41H69N13O12. The van der Waals surface area contributed by atoms with Gasteiger partial charge in [-0.05, 0) is 89.0 Å². The number of hydrogen-bond acceptors (Lipinski definition) is 14. The van der Waals surface area contributed by atoms with Crippen molar-refractivity contribution in [1.29, 1.82) is 0 Å². The van der Waals surface area contributed by atoms with Gasteiger partial charge in [-0.1, -0.05) is 26.0 Å². The number of nitrogens with zero attached hydrogens (tertiary/aromatic N) is 1. The van der Waals surface area contributed by atoms with Gasteiger partial charge in [0.1, 0.15) is 42.0 Å². The van der Waals surface area contributed by atoms with Crippen LogP contribution in [-0.2, 0) is 49.6 Å². The molecule has 0 aliphatic carbocycles. The highest BCUT2D eigenvalue weighted by atomic mass is 16.4. The molecule has 0 fully saturated rings. The van der Waals surface area contributed by atoms with Crippen LogP contribution in [0, 0.1) is 5.92 Å². The normalized spacial score (nSPS) is 14.6. The molecule has 25 nitrogen and oxygen atoms in total. The molecule has 0 aliphatic heterocycles. The molecule has 1 aromatic carbocycles. The van der Waals surface area contributed by atoms with E-state index in [4.69, 9.17) is 28.7 Å². The Kier molecular flexibility index (Phi) is 25.9. The number of unbranched alkanes of at least 4 members (excludes halogenated alkanes) is 1. The van der Waals surface area contributed by atoms with Gasteiger partial charge in [0.05, 0.1) is 18.7 Å². The lowest BCUT2D eigenvalue weighted by Gasteiger charge is -2.28. The third-order valence-electron chi connectivity index (χ3n) is 9.72. The molecule has 0 spiro atoms. The molecular weight excluding hydrogens is 867 g/mol. The number of aliphatic imine (C=N–C) groups is 1. The van der Waals surface area contributed by atoms with Crippen molar-refractivity contribution in [3.63, 3.8) is 0 Å². The van der Waals surface area contributed by atoms with Gasteiger partial charge in [0, 0.05) is 19.4 Å². The fourth-order valence-electron chi connectivity index (χ4n) is 6.16. The van der Waals surface area contributed by atoms with E-state index in [0.29, 0.717) is 18.4 Å². The maximum absolute atomic E-state index is 13.9. The summed E-state index contributed by atoms with van der Waals surface area (Å²) in [4.78, 5) is 121. The van der Waals surface area contributed by atoms with E-state index in [0.717, 1.165) is 0 Å². The van der Waals surface area contributed by atoms with E-state index in [2.05, 4.69) is 42.2 Å². The number of carboxylic acids is 1. The number of nitrogens with one attached hydrogen (secondary N) is 7. The summed E-state index contributed by atoms with van der Waals surface area (Å²) in [5, 5.41) is 46.9. The molecule has 66 heavy (non-hydrogen) atoms. The Morgan fingerprint density at radius 3 is 1.67 bits per heavy atom. The highest BCUT2D eigenvalue weighted by molar-refractivity contribution is 5.97. The number of amides is 8. The maximum atomic E-state index is 13.9. The van der Waals surface area contributed by atoms with Crippen molar-refractivity contribution in [3.8, 4) is 5.75 Å². The Bertz CT molecular complexity index is 1820. The summed E-state index contributed by atoms with van der Waals surface area (Å²) in [6.07, 6.45) is -1.36. The van der Waals surface area contributed by atoms with Gasteiger partial charge in [-0.2, -0.15) is 0 Å². The fourth-order valence-corrected chi connectivity index (χ4v) is 6.16. The summed E-state index contributed by atoms with van der Waals surface area (Å²) in [7, 11) is 0. The molecule has 1 rings (SSSR count). The van der Waals surface area contributed by atoms with Gasteiger partial charge >= 0.3 is 5.97 Å². The molecule has 0 aromatic heterocycles. The molecule has 8 atom stereocenters. The average Bonchev–Trinajstić information content (AvgIpc) is 3.23. The summed E-state index contributed by atoms with van der Waals surface area (Å²) in [6.45, 7) is 5.75. The van der Waals surface area contributed by atoms with E-state index in [1.807, 2.05) is 13.8 Å². The predicted octanol–water partition coefficient (Wildman–Crippen LogP) is -4.73. The molecule has 8 amide bonds. The number of carbonyl (C=O) groups excluding carboxylic acids is 8. The average molecular weight is 936 g/mol.